The first-order chi connectivity index (χ1) is 9.09. The summed E-state index contributed by atoms with van der Waals surface area (Å²) in [6.07, 6.45) is -0.460. The van der Waals surface area contributed by atoms with Crippen molar-refractivity contribution in [3.63, 3.8) is 0 Å². The number of benzene rings is 1. The van der Waals surface area contributed by atoms with Crippen LogP contribution in [-0.4, -0.2) is 43.2 Å². The molecule has 1 saturated heterocycles. The predicted molar refractivity (Wildman–Crippen MR) is 73.4 cm³/mol. The number of amides is 1. The van der Waals surface area contributed by atoms with Crippen LogP contribution in [0.1, 0.15) is 18.1 Å². The number of rotatable bonds is 3. The monoisotopic (exact) mass is 263 g/mol. The van der Waals surface area contributed by atoms with Crippen molar-refractivity contribution < 1.29 is 14.3 Å². The van der Waals surface area contributed by atoms with E-state index in [4.69, 9.17) is 9.47 Å². The number of morpholine rings is 1. The van der Waals surface area contributed by atoms with E-state index in [1.807, 2.05) is 32.0 Å². The lowest BCUT2D eigenvalue weighted by molar-refractivity contribution is -0.142. The second kappa shape index (κ2) is 6.06. The van der Waals surface area contributed by atoms with Crippen molar-refractivity contribution >= 4 is 5.91 Å². The van der Waals surface area contributed by atoms with Crippen molar-refractivity contribution in [2.45, 2.75) is 26.9 Å². The summed E-state index contributed by atoms with van der Waals surface area (Å²) in [6, 6.07) is 5.89. The Labute approximate surface area is 114 Å². The number of carbonyl (C=O) groups excluding carboxylic acids is 1. The first kappa shape index (κ1) is 13.9. The maximum Gasteiger partial charge on any atom is 0.263 e. The van der Waals surface area contributed by atoms with E-state index in [0.29, 0.717) is 26.3 Å². The van der Waals surface area contributed by atoms with Crippen LogP contribution >= 0.6 is 0 Å². The van der Waals surface area contributed by atoms with E-state index in [-0.39, 0.29) is 5.91 Å². The van der Waals surface area contributed by atoms with E-state index in [2.05, 4.69) is 0 Å². The predicted octanol–water partition coefficient (Wildman–Crippen LogP) is 1.93. The molecule has 19 heavy (non-hydrogen) atoms. The molecule has 0 aromatic heterocycles. The van der Waals surface area contributed by atoms with Gasteiger partial charge in [-0.2, -0.15) is 0 Å². The van der Waals surface area contributed by atoms with E-state index >= 15 is 0 Å². The van der Waals surface area contributed by atoms with E-state index < -0.39 is 6.10 Å². The normalized spacial score (nSPS) is 17.1. The lowest BCUT2D eigenvalue weighted by Crippen LogP contribution is -2.46. The average Bonchev–Trinajstić information content (AvgIpc) is 2.44. The Hall–Kier alpha value is -1.55. The van der Waals surface area contributed by atoms with Crippen LogP contribution in [-0.2, 0) is 9.53 Å². The van der Waals surface area contributed by atoms with Gasteiger partial charge in [-0.05, 0) is 38.0 Å². The number of ether oxygens (including phenoxy) is 2. The molecule has 1 aliphatic rings. The van der Waals surface area contributed by atoms with Crippen LogP contribution in [0.15, 0.2) is 18.2 Å². The summed E-state index contributed by atoms with van der Waals surface area (Å²) in [5.74, 6) is 0.818. The lowest BCUT2D eigenvalue weighted by Gasteiger charge is -2.29. The minimum absolute atomic E-state index is 0.0317. The van der Waals surface area contributed by atoms with Crippen molar-refractivity contribution in [1.29, 1.82) is 0 Å². The molecule has 0 radical (unpaired) electrons. The van der Waals surface area contributed by atoms with E-state index in [9.17, 15) is 4.79 Å². The number of carbonyl (C=O) groups is 1. The maximum atomic E-state index is 12.2. The molecule has 0 bridgehead atoms. The Morgan fingerprint density at radius 1 is 1.32 bits per heavy atom. The number of hydrogen-bond donors (Lipinski definition) is 0. The van der Waals surface area contributed by atoms with Crippen molar-refractivity contribution in [2.24, 2.45) is 0 Å². The molecule has 0 saturated carbocycles. The van der Waals surface area contributed by atoms with Gasteiger partial charge in [0.25, 0.3) is 5.91 Å². The third kappa shape index (κ3) is 3.26. The van der Waals surface area contributed by atoms with Crippen molar-refractivity contribution in [3.05, 3.63) is 29.3 Å². The van der Waals surface area contributed by atoms with Gasteiger partial charge >= 0.3 is 0 Å². The summed E-state index contributed by atoms with van der Waals surface area (Å²) in [5.41, 5.74) is 2.26. The second-order valence-corrected chi connectivity index (χ2v) is 4.90. The molecular weight excluding hydrogens is 242 g/mol. The number of aryl methyl sites for hydroxylation is 1. The standard InChI is InChI=1S/C15H21NO3/c1-11-5-4-6-14(12(11)2)19-13(3)15(17)16-7-9-18-10-8-16/h4-6,13H,7-10H2,1-3H3/t13-/m1/s1. The summed E-state index contributed by atoms with van der Waals surface area (Å²) in [7, 11) is 0. The van der Waals surface area contributed by atoms with Gasteiger partial charge in [0.05, 0.1) is 13.2 Å². The quantitative estimate of drug-likeness (QED) is 0.836. The Kier molecular flexibility index (Phi) is 4.43. The molecule has 1 aromatic rings. The van der Waals surface area contributed by atoms with Crippen LogP contribution in [0.3, 0.4) is 0 Å². The van der Waals surface area contributed by atoms with Gasteiger partial charge in [-0.25, -0.2) is 0 Å². The Morgan fingerprint density at radius 3 is 2.68 bits per heavy atom. The van der Waals surface area contributed by atoms with Crippen molar-refractivity contribution in [1.82, 2.24) is 4.90 Å². The van der Waals surface area contributed by atoms with Crippen molar-refractivity contribution in [3.8, 4) is 5.75 Å². The van der Waals surface area contributed by atoms with Gasteiger partial charge in [-0.3, -0.25) is 4.79 Å². The van der Waals surface area contributed by atoms with Crippen LogP contribution in [0.4, 0.5) is 0 Å². The van der Waals surface area contributed by atoms with E-state index in [0.717, 1.165) is 11.3 Å². The highest BCUT2D eigenvalue weighted by Gasteiger charge is 2.24. The number of nitrogens with zero attached hydrogens (tertiary/aromatic N) is 1. The molecule has 4 nitrogen and oxygen atoms in total. The molecule has 0 aliphatic carbocycles. The van der Waals surface area contributed by atoms with Crippen molar-refractivity contribution in [2.75, 3.05) is 26.3 Å². The van der Waals surface area contributed by atoms with Gasteiger partial charge in [0, 0.05) is 13.1 Å². The highest BCUT2D eigenvalue weighted by Crippen LogP contribution is 2.22. The topological polar surface area (TPSA) is 38.8 Å². The minimum atomic E-state index is -0.460. The van der Waals surface area contributed by atoms with Gasteiger partial charge in [0.2, 0.25) is 0 Å². The van der Waals surface area contributed by atoms with E-state index in [1.165, 1.54) is 5.56 Å². The zero-order valence-electron chi connectivity index (χ0n) is 11.8. The van der Waals surface area contributed by atoms with Gasteiger partial charge in [-0.1, -0.05) is 12.1 Å². The SMILES string of the molecule is Cc1cccc(O[C@H](C)C(=O)N2CCOCC2)c1C. The lowest BCUT2D eigenvalue weighted by atomic mass is 10.1. The zero-order valence-corrected chi connectivity index (χ0v) is 11.8. The molecule has 2 rings (SSSR count). The van der Waals surface area contributed by atoms with Gasteiger partial charge < -0.3 is 14.4 Å². The van der Waals surface area contributed by atoms with Gasteiger partial charge in [0.1, 0.15) is 5.75 Å². The first-order valence-corrected chi connectivity index (χ1v) is 6.69. The first-order valence-electron chi connectivity index (χ1n) is 6.69. The van der Waals surface area contributed by atoms with Gasteiger partial charge in [0.15, 0.2) is 6.10 Å². The fourth-order valence-corrected chi connectivity index (χ4v) is 2.13. The summed E-state index contributed by atoms with van der Waals surface area (Å²) in [5, 5.41) is 0. The molecule has 1 aromatic carbocycles. The Balaban J connectivity index is 2.01. The largest absolute Gasteiger partial charge is 0.481 e. The van der Waals surface area contributed by atoms with Crippen LogP contribution in [0.2, 0.25) is 0 Å². The fraction of sp³-hybridized carbons (Fsp3) is 0.533. The summed E-state index contributed by atoms with van der Waals surface area (Å²) < 4.78 is 11.1. The molecule has 1 fully saturated rings. The second-order valence-electron chi connectivity index (χ2n) is 4.90. The molecule has 0 spiro atoms. The molecule has 1 heterocycles. The van der Waals surface area contributed by atoms with E-state index in [1.54, 1.807) is 11.8 Å². The minimum Gasteiger partial charge on any atom is -0.481 e. The van der Waals surface area contributed by atoms with Crippen LogP contribution in [0.5, 0.6) is 5.75 Å². The molecule has 1 aliphatic heterocycles. The van der Waals surface area contributed by atoms with Crippen LogP contribution in [0.25, 0.3) is 0 Å². The maximum absolute atomic E-state index is 12.2. The molecule has 1 amide bonds. The fourth-order valence-electron chi connectivity index (χ4n) is 2.13. The highest BCUT2D eigenvalue weighted by atomic mass is 16.5. The Morgan fingerprint density at radius 2 is 2.00 bits per heavy atom. The smallest absolute Gasteiger partial charge is 0.263 e. The molecule has 0 N–H and O–H groups in total. The molecule has 1 atom stereocenters. The van der Waals surface area contributed by atoms with Crippen LogP contribution in [0, 0.1) is 13.8 Å². The Bertz CT molecular complexity index is 453. The summed E-state index contributed by atoms with van der Waals surface area (Å²) in [6.45, 7) is 8.38. The van der Waals surface area contributed by atoms with Gasteiger partial charge in [-0.15, -0.1) is 0 Å². The molecule has 4 heteroatoms. The molecule has 104 valence electrons. The third-order valence-corrected chi connectivity index (χ3v) is 3.53. The average molecular weight is 263 g/mol. The zero-order chi connectivity index (χ0) is 13.8. The molecular formula is C15H21NO3. The van der Waals surface area contributed by atoms with Crippen LogP contribution < -0.4 is 4.74 Å². The molecule has 0 unspecified atom stereocenters. The number of hydrogen-bond acceptors (Lipinski definition) is 3. The summed E-state index contributed by atoms with van der Waals surface area (Å²) >= 11 is 0. The summed E-state index contributed by atoms with van der Waals surface area (Å²) in [4.78, 5) is 14.0. The highest BCUT2D eigenvalue weighted by molar-refractivity contribution is 5.81. The third-order valence-electron chi connectivity index (χ3n) is 3.53.